The zero-order chi connectivity index (χ0) is 22.7. The molecule has 32 heavy (non-hydrogen) atoms. The Labute approximate surface area is 187 Å². The molecule has 4 rings (SSSR count). The summed E-state index contributed by atoms with van der Waals surface area (Å²) in [5.74, 6) is 1.42. The zero-order valence-corrected chi connectivity index (χ0v) is 18.8. The van der Waals surface area contributed by atoms with Crippen LogP contribution in [0, 0.1) is 13.8 Å². The predicted molar refractivity (Wildman–Crippen MR) is 122 cm³/mol. The van der Waals surface area contributed by atoms with Gasteiger partial charge in [0.2, 0.25) is 5.88 Å². The Bertz CT molecular complexity index is 1310. The van der Waals surface area contributed by atoms with Crippen molar-refractivity contribution in [1.29, 1.82) is 0 Å². The van der Waals surface area contributed by atoms with E-state index in [1.165, 1.54) is 0 Å². The van der Waals surface area contributed by atoms with Crippen molar-refractivity contribution in [2.75, 3.05) is 4.72 Å². The van der Waals surface area contributed by atoms with E-state index >= 15 is 0 Å². The van der Waals surface area contributed by atoms with Gasteiger partial charge < -0.3 is 4.74 Å². The van der Waals surface area contributed by atoms with E-state index in [1.807, 2.05) is 39.0 Å². The van der Waals surface area contributed by atoms with Crippen molar-refractivity contribution in [1.82, 2.24) is 20.0 Å². The van der Waals surface area contributed by atoms with Crippen molar-refractivity contribution >= 4 is 15.7 Å². The van der Waals surface area contributed by atoms with Gasteiger partial charge in [-0.05, 0) is 74.4 Å². The van der Waals surface area contributed by atoms with Crippen LogP contribution in [0.1, 0.15) is 23.9 Å². The first-order valence-corrected chi connectivity index (χ1v) is 11.6. The van der Waals surface area contributed by atoms with E-state index in [9.17, 15) is 8.42 Å². The van der Waals surface area contributed by atoms with Crippen molar-refractivity contribution < 1.29 is 13.2 Å². The first-order chi connectivity index (χ1) is 15.3. The van der Waals surface area contributed by atoms with Crippen LogP contribution >= 0.6 is 0 Å². The summed E-state index contributed by atoms with van der Waals surface area (Å²) >= 11 is 0. The van der Waals surface area contributed by atoms with Crippen molar-refractivity contribution in [3.05, 3.63) is 83.7 Å². The highest BCUT2D eigenvalue weighted by Gasteiger charge is 2.14. The molecule has 2 aromatic heterocycles. The van der Waals surface area contributed by atoms with Gasteiger partial charge in [-0.15, -0.1) is 10.2 Å². The van der Waals surface area contributed by atoms with Crippen LogP contribution in [0.25, 0.3) is 5.82 Å². The summed E-state index contributed by atoms with van der Waals surface area (Å²) in [6.45, 7) is 5.88. The first-order valence-electron chi connectivity index (χ1n) is 10.1. The highest BCUT2D eigenvalue weighted by atomic mass is 32.2. The maximum Gasteiger partial charge on any atom is 0.261 e. The minimum absolute atomic E-state index is 0.216. The van der Waals surface area contributed by atoms with E-state index < -0.39 is 10.0 Å². The maximum absolute atomic E-state index is 12.6. The number of nitrogens with one attached hydrogen (secondary N) is 1. The van der Waals surface area contributed by atoms with E-state index in [1.54, 1.807) is 53.2 Å². The van der Waals surface area contributed by atoms with Gasteiger partial charge in [-0.1, -0.05) is 19.1 Å². The fourth-order valence-corrected chi connectivity index (χ4v) is 4.23. The molecule has 0 unspecified atom stereocenters. The summed E-state index contributed by atoms with van der Waals surface area (Å²) in [5, 5.41) is 12.6. The molecule has 0 spiro atoms. The Morgan fingerprint density at radius 1 is 0.938 bits per heavy atom. The lowest BCUT2D eigenvalue weighted by Crippen LogP contribution is -2.12. The number of sulfonamides is 1. The summed E-state index contributed by atoms with van der Waals surface area (Å²) in [6, 6.07) is 18.9. The second-order valence-corrected chi connectivity index (χ2v) is 8.98. The normalized spacial score (nSPS) is 11.3. The SMILES string of the molecule is CCc1ccc(S(=O)(=O)Nc2ccc(Oc3ccc(-n4nc(C)cc4C)nn3)cc2)cc1. The summed E-state index contributed by atoms with van der Waals surface area (Å²) in [4.78, 5) is 0.216. The van der Waals surface area contributed by atoms with Crippen LogP contribution in [-0.2, 0) is 16.4 Å². The molecule has 2 heterocycles. The molecule has 0 radical (unpaired) electrons. The number of hydrogen-bond acceptors (Lipinski definition) is 6. The molecule has 0 amide bonds. The van der Waals surface area contributed by atoms with Crippen LogP contribution in [0.3, 0.4) is 0 Å². The lowest BCUT2D eigenvalue weighted by atomic mass is 10.2. The Hall–Kier alpha value is -3.72. The van der Waals surface area contributed by atoms with E-state index in [-0.39, 0.29) is 4.90 Å². The van der Waals surface area contributed by atoms with Gasteiger partial charge in [-0.2, -0.15) is 5.10 Å². The summed E-state index contributed by atoms with van der Waals surface area (Å²) in [6.07, 6.45) is 0.852. The van der Waals surface area contributed by atoms with Crippen LogP contribution in [0.15, 0.2) is 71.6 Å². The Balaban J connectivity index is 1.43. The summed E-state index contributed by atoms with van der Waals surface area (Å²) in [5.41, 5.74) is 3.38. The van der Waals surface area contributed by atoms with Crippen LogP contribution < -0.4 is 9.46 Å². The number of rotatable bonds is 7. The number of aryl methyl sites for hydroxylation is 3. The van der Waals surface area contributed by atoms with E-state index in [4.69, 9.17) is 4.74 Å². The smallest absolute Gasteiger partial charge is 0.261 e. The third kappa shape index (κ3) is 4.78. The number of aromatic nitrogens is 4. The monoisotopic (exact) mass is 449 g/mol. The van der Waals surface area contributed by atoms with Gasteiger partial charge in [0, 0.05) is 17.4 Å². The lowest BCUT2D eigenvalue weighted by Gasteiger charge is -2.10. The molecule has 0 aliphatic heterocycles. The molecule has 0 saturated carbocycles. The quantitative estimate of drug-likeness (QED) is 0.448. The summed E-state index contributed by atoms with van der Waals surface area (Å²) in [7, 11) is -3.66. The van der Waals surface area contributed by atoms with Gasteiger partial charge in [0.25, 0.3) is 10.0 Å². The molecule has 0 bridgehead atoms. The van der Waals surface area contributed by atoms with E-state index in [0.717, 1.165) is 23.4 Å². The molecule has 9 heteroatoms. The number of ether oxygens (including phenoxy) is 1. The fourth-order valence-electron chi connectivity index (χ4n) is 3.17. The second-order valence-electron chi connectivity index (χ2n) is 7.30. The standard InChI is InChI=1S/C23H23N5O3S/c1-4-18-5-11-21(12-6-18)32(29,30)27-19-7-9-20(10-8-19)31-23-14-13-22(24-25-23)28-17(3)15-16(2)26-28/h5-15,27H,4H2,1-3H3. The molecular formula is C23H23N5O3S. The van der Waals surface area contributed by atoms with Crippen molar-refractivity contribution in [2.24, 2.45) is 0 Å². The highest BCUT2D eigenvalue weighted by Crippen LogP contribution is 2.23. The van der Waals surface area contributed by atoms with Gasteiger partial charge in [-0.25, -0.2) is 13.1 Å². The molecule has 0 saturated heterocycles. The van der Waals surface area contributed by atoms with Crippen LogP contribution in [-0.4, -0.2) is 28.4 Å². The molecule has 4 aromatic rings. The lowest BCUT2D eigenvalue weighted by molar-refractivity contribution is 0.454. The molecule has 0 aliphatic carbocycles. The van der Waals surface area contributed by atoms with Crippen molar-refractivity contribution in [2.45, 2.75) is 32.1 Å². The van der Waals surface area contributed by atoms with E-state index in [2.05, 4.69) is 20.0 Å². The van der Waals surface area contributed by atoms with Gasteiger partial charge in [-0.3, -0.25) is 4.72 Å². The molecule has 8 nitrogen and oxygen atoms in total. The molecule has 0 aliphatic rings. The van der Waals surface area contributed by atoms with Crippen molar-refractivity contribution in [3.8, 4) is 17.4 Å². The van der Waals surface area contributed by atoms with E-state index in [0.29, 0.717) is 23.1 Å². The molecule has 0 fully saturated rings. The van der Waals surface area contributed by atoms with Gasteiger partial charge in [0.1, 0.15) is 5.75 Å². The zero-order valence-electron chi connectivity index (χ0n) is 18.0. The average molecular weight is 450 g/mol. The number of benzene rings is 2. The van der Waals surface area contributed by atoms with Crippen molar-refractivity contribution in [3.63, 3.8) is 0 Å². The van der Waals surface area contributed by atoms with Gasteiger partial charge >= 0.3 is 0 Å². The molecule has 1 N–H and O–H groups in total. The van der Waals surface area contributed by atoms with Crippen LogP contribution in [0.2, 0.25) is 0 Å². The average Bonchev–Trinajstić information content (AvgIpc) is 3.13. The minimum Gasteiger partial charge on any atom is -0.438 e. The Morgan fingerprint density at radius 3 is 2.22 bits per heavy atom. The Kier molecular flexibility index (Phi) is 5.91. The number of hydrogen-bond donors (Lipinski definition) is 1. The number of nitrogens with zero attached hydrogens (tertiary/aromatic N) is 4. The van der Waals surface area contributed by atoms with Gasteiger partial charge in [0.05, 0.1) is 10.6 Å². The maximum atomic E-state index is 12.6. The molecule has 0 atom stereocenters. The van der Waals surface area contributed by atoms with Crippen LogP contribution in [0.4, 0.5) is 5.69 Å². The Morgan fingerprint density at radius 2 is 1.66 bits per heavy atom. The topological polar surface area (TPSA) is 99.0 Å². The highest BCUT2D eigenvalue weighted by molar-refractivity contribution is 7.92. The van der Waals surface area contributed by atoms with Crippen LogP contribution in [0.5, 0.6) is 11.6 Å². The fraction of sp³-hybridized carbons (Fsp3) is 0.174. The molecule has 164 valence electrons. The predicted octanol–water partition coefficient (Wildman–Crippen LogP) is 4.43. The summed E-state index contributed by atoms with van der Waals surface area (Å²) < 4.78 is 35.2. The second kappa shape index (κ2) is 8.80. The number of anilines is 1. The largest absolute Gasteiger partial charge is 0.438 e. The molecular weight excluding hydrogens is 426 g/mol. The first kappa shape index (κ1) is 21.5. The third-order valence-corrected chi connectivity index (χ3v) is 6.22. The minimum atomic E-state index is -3.66. The molecule has 2 aromatic carbocycles. The van der Waals surface area contributed by atoms with Gasteiger partial charge in [0.15, 0.2) is 5.82 Å². The third-order valence-electron chi connectivity index (χ3n) is 4.82.